The smallest absolute Gasteiger partial charge is 0.308 e. The summed E-state index contributed by atoms with van der Waals surface area (Å²) in [5.41, 5.74) is 1.10. The van der Waals surface area contributed by atoms with Crippen LogP contribution in [0.15, 0.2) is 18.3 Å². The lowest BCUT2D eigenvalue weighted by atomic mass is 10.2. The number of hydrogen-bond acceptors (Lipinski definition) is 3. The van der Waals surface area contributed by atoms with E-state index in [0.717, 1.165) is 11.4 Å². The van der Waals surface area contributed by atoms with Crippen LogP contribution in [-0.4, -0.2) is 29.7 Å². The summed E-state index contributed by atoms with van der Waals surface area (Å²) < 4.78 is 0. The molecule has 0 amide bonds. The number of rotatable bonds is 4. The lowest BCUT2D eigenvalue weighted by Crippen LogP contribution is -2.28. The Balaban J connectivity index is 2.64. The van der Waals surface area contributed by atoms with Crippen LogP contribution in [0.2, 0.25) is 0 Å². The van der Waals surface area contributed by atoms with Gasteiger partial charge in [0.2, 0.25) is 0 Å². The third-order valence-corrected chi connectivity index (χ3v) is 2.26. The summed E-state index contributed by atoms with van der Waals surface area (Å²) in [6, 6.07) is 3.86. The molecule has 1 heterocycles. The van der Waals surface area contributed by atoms with Gasteiger partial charge in [-0.05, 0) is 18.6 Å². The highest BCUT2D eigenvalue weighted by atomic mass is 16.4. The summed E-state index contributed by atoms with van der Waals surface area (Å²) in [6.45, 7) is 4.12. The first-order valence-electron chi connectivity index (χ1n) is 4.87. The van der Waals surface area contributed by atoms with Crippen molar-refractivity contribution in [2.75, 3.05) is 18.5 Å². The van der Waals surface area contributed by atoms with Gasteiger partial charge >= 0.3 is 5.97 Å². The summed E-state index contributed by atoms with van der Waals surface area (Å²) >= 11 is 0. The first kappa shape index (κ1) is 11.5. The van der Waals surface area contributed by atoms with E-state index in [2.05, 4.69) is 4.98 Å². The molecule has 4 nitrogen and oxygen atoms in total. The maximum absolute atomic E-state index is 10.7. The van der Waals surface area contributed by atoms with Crippen molar-refractivity contribution < 1.29 is 9.90 Å². The van der Waals surface area contributed by atoms with Gasteiger partial charge in [0.25, 0.3) is 0 Å². The molecule has 0 saturated carbocycles. The fraction of sp³-hybridized carbons (Fsp3) is 0.455. The van der Waals surface area contributed by atoms with Gasteiger partial charge in [-0.1, -0.05) is 13.0 Å². The van der Waals surface area contributed by atoms with Crippen LogP contribution < -0.4 is 4.90 Å². The molecule has 0 aliphatic carbocycles. The van der Waals surface area contributed by atoms with E-state index in [4.69, 9.17) is 5.11 Å². The quantitative estimate of drug-likeness (QED) is 0.815. The molecule has 1 aromatic heterocycles. The number of aliphatic carboxylic acids is 1. The Morgan fingerprint density at radius 1 is 1.60 bits per heavy atom. The summed E-state index contributed by atoms with van der Waals surface area (Å²) in [7, 11) is 1.84. The second kappa shape index (κ2) is 4.77. The molecular weight excluding hydrogens is 192 g/mol. The highest BCUT2D eigenvalue weighted by Gasteiger charge is 2.14. The zero-order valence-electron chi connectivity index (χ0n) is 9.27. The van der Waals surface area contributed by atoms with Crippen molar-refractivity contribution >= 4 is 11.8 Å². The minimum Gasteiger partial charge on any atom is -0.481 e. The van der Waals surface area contributed by atoms with Crippen LogP contribution in [0.3, 0.4) is 0 Å². The van der Waals surface area contributed by atoms with Crippen molar-refractivity contribution in [1.82, 2.24) is 4.98 Å². The average Bonchev–Trinajstić information content (AvgIpc) is 2.18. The fourth-order valence-electron chi connectivity index (χ4n) is 1.27. The molecule has 82 valence electrons. The molecular formula is C11H16N2O2. The molecule has 1 N–H and O–H groups in total. The minimum absolute atomic E-state index is 0.391. The van der Waals surface area contributed by atoms with Crippen LogP contribution >= 0.6 is 0 Å². The van der Waals surface area contributed by atoms with Gasteiger partial charge in [-0.25, -0.2) is 4.98 Å². The Hall–Kier alpha value is -1.58. The molecule has 4 heteroatoms. The van der Waals surface area contributed by atoms with Crippen LogP contribution in [0.1, 0.15) is 12.5 Å². The highest BCUT2D eigenvalue weighted by molar-refractivity contribution is 5.70. The van der Waals surface area contributed by atoms with Crippen LogP contribution in [-0.2, 0) is 4.79 Å². The van der Waals surface area contributed by atoms with Crippen molar-refractivity contribution in [3.63, 3.8) is 0 Å². The molecule has 0 fully saturated rings. The first-order valence-corrected chi connectivity index (χ1v) is 4.87. The van der Waals surface area contributed by atoms with E-state index in [1.807, 2.05) is 31.0 Å². The number of nitrogens with zero attached hydrogens (tertiary/aromatic N) is 2. The Kier molecular flexibility index (Phi) is 3.66. The van der Waals surface area contributed by atoms with Gasteiger partial charge < -0.3 is 10.0 Å². The SMILES string of the molecule is Cc1ccc(N(C)CC(C)C(=O)O)nc1. The van der Waals surface area contributed by atoms with E-state index in [0.29, 0.717) is 6.54 Å². The summed E-state index contributed by atoms with van der Waals surface area (Å²) in [6.07, 6.45) is 1.78. The van der Waals surface area contributed by atoms with Gasteiger partial charge in [-0.15, -0.1) is 0 Å². The van der Waals surface area contributed by atoms with E-state index in [1.54, 1.807) is 13.1 Å². The van der Waals surface area contributed by atoms with Gasteiger partial charge in [0.1, 0.15) is 5.82 Å². The van der Waals surface area contributed by atoms with Crippen LogP contribution in [0.25, 0.3) is 0 Å². The third kappa shape index (κ3) is 3.23. The second-order valence-electron chi connectivity index (χ2n) is 3.81. The predicted molar refractivity (Wildman–Crippen MR) is 59.0 cm³/mol. The molecule has 0 saturated heterocycles. The van der Waals surface area contributed by atoms with Gasteiger partial charge in [-0.2, -0.15) is 0 Å². The zero-order valence-corrected chi connectivity index (χ0v) is 9.27. The van der Waals surface area contributed by atoms with Crippen molar-refractivity contribution in [3.05, 3.63) is 23.9 Å². The normalized spacial score (nSPS) is 12.2. The van der Waals surface area contributed by atoms with E-state index in [-0.39, 0.29) is 0 Å². The van der Waals surface area contributed by atoms with E-state index >= 15 is 0 Å². The summed E-state index contributed by atoms with van der Waals surface area (Å²) in [4.78, 5) is 16.7. The largest absolute Gasteiger partial charge is 0.481 e. The van der Waals surface area contributed by atoms with E-state index in [1.165, 1.54) is 0 Å². The maximum atomic E-state index is 10.7. The number of carboxylic acids is 1. The summed E-state index contributed by atoms with van der Waals surface area (Å²) in [5.74, 6) is -0.374. The van der Waals surface area contributed by atoms with Crippen molar-refractivity contribution in [2.45, 2.75) is 13.8 Å². The van der Waals surface area contributed by atoms with Gasteiger partial charge in [0, 0.05) is 19.8 Å². The molecule has 0 aliphatic heterocycles. The number of carbonyl (C=O) groups is 1. The number of pyridine rings is 1. The number of aromatic nitrogens is 1. The van der Waals surface area contributed by atoms with Crippen LogP contribution in [0.5, 0.6) is 0 Å². The molecule has 1 unspecified atom stereocenters. The Morgan fingerprint density at radius 2 is 2.27 bits per heavy atom. The average molecular weight is 208 g/mol. The summed E-state index contributed by atoms with van der Waals surface area (Å²) in [5, 5.41) is 8.77. The van der Waals surface area contributed by atoms with Crippen LogP contribution in [0.4, 0.5) is 5.82 Å². The first-order chi connectivity index (χ1) is 7.00. The van der Waals surface area contributed by atoms with Gasteiger partial charge in [0.15, 0.2) is 0 Å². The number of hydrogen-bond donors (Lipinski definition) is 1. The molecule has 0 radical (unpaired) electrons. The van der Waals surface area contributed by atoms with Gasteiger partial charge in [0.05, 0.1) is 5.92 Å². The standard InChI is InChI=1S/C11H16N2O2/c1-8-4-5-10(12-6-8)13(3)7-9(2)11(14)15/h4-6,9H,7H2,1-3H3,(H,14,15). The zero-order chi connectivity index (χ0) is 11.4. The Bertz CT molecular complexity index is 335. The highest BCUT2D eigenvalue weighted by Crippen LogP contribution is 2.11. The fourth-order valence-corrected chi connectivity index (χ4v) is 1.27. The monoisotopic (exact) mass is 208 g/mol. The molecule has 0 aromatic carbocycles. The number of carboxylic acid groups (broad SMARTS) is 1. The van der Waals surface area contributed by atoms with E-state index in [9.17, 15) is 4.79 Å². The third-order valence-electron chi connectivity index (χ3n) is 2.26. The molecule has 1 rings (SSSR count). The maximum Gasteiger partial charge on any atom is 0.308 e. The van der Waals surface area contributed by atoms with Crippen molar-refractivity contribution in [1.29, 1.82) is 0 Å². The second-order valence-corrected chi connectivity index (χ2v) is 3.81. The Morgan fingerprint density at radius 3 is 2.73 bits per heavy atom. The molecule has 1 atom stereocenters. The van der Waals surface area contributed by atoms with E-state index < -0.39 is 11.9 Å². The minimum atomic E-state index is -0.783. The lowest BCUT2D eigenvalue weighted by Gasteiger charge is -2.20. The predicted octanol–water partition coefficient (Wildman–Crippen LogP) is 1.55. The number of aryl methyl sites for hydroxylation is 1. The van der Waals surface area contributed by atoms with Crippen molar-refractivity contribution in [3.8, 4) is 0 Å². The van der Waals surface area contributed by atoms with Crippen molar-refractivity contribution in [2.24, 2.45) is 5.92 Å². The molecule has 0 aliphatic rings. The van der Waals surface area contributed by atoms with Gasteiger partial charge in [-0.3, -0.25) is 4.79 Å². The molecule has 0 bridgehead atoms. The molecule has 15 heavy (non-hydrogen) atoms. The number of anilines is 1. The Labute approximate surface area is 89.6 Å². The topological polar surface area (TPSA) is 53.4 Å². The van der Waals surface area contributed by atoms with Crippen LogP contribution in [0, 0.1) is 12.8 Å². The molecule has 1 aromatic rings. The molecule has 0 spiro atoms. The lowest BCUT2D eigenvalue weighted by molar-refractivity contribution is -0.140.